The smallest absolute Gasteiger partial charge is 0.254 e. The molecule has 0 aliphatic carbocycles. The van der Waals surface area contributed by atoms with Crippen LogP contribution < -0.4 is 4.90 Å². The topological polar surface area (TPSA) is 88.0 Å². The Kier molecular flexibility index (Phi) is 4.57. The number of amides is 1. The van der Waals surface area contributed by atoms with E-state index in [1.165, 1.54) is 0 Å². The minimum Gasteiger partial charge on any atom is -0.352 e. The van der Waals surface area contributed by atoms with Crippen molar-refractivity contribution in [2.24, 2.45) is 0 Å². The molecule has 0 spiro atoms. The van der Waals surface area contributed by atoms with Crippen LogP contribution in [0.25, 0.3) is 22.4 Å². The highest BCUT2D eigenvalue weighted by Crippen LogP contribution is 2.19. The van der Waals surface area contributed by atoms with E-state index in [-0.39, 0.29) is 5.91 Å². The lowest BCUT2D eigenvalue weighted by molar-refractivity contribution is 0.0746. The molecule has 0 saturated carbocycles. The van der Waals surface area contributed by atoms with Gasteiger partial charge in [-0.05, 0) is 42.5 Å². The van der Waals surface area contributed by atoms with Crippen molar-refractivity contribution in [2.75, 3.05) is 31.1 Å². The summed E-state index contributed by atoms with van der Waals surface area (Å²) in [4.78, 5) is 21.1. The molecule has 29 heavy (non-hydrogen) atoms. The summed E-state index contributed by atoms with van der Waals surface area (Å²) in [5, 5.41) is 8.66. The molecule has 3 aromatic heterocycles. The first-order chi connectivity index (χ1) is 14.3. The lowest BCUT2D eigenvalue weighted by Crippen LogP contribution is -2.49. The molecule has 144 valence electrons. The van der Waals surface area contributed by atoms with Crippen molar-refractivity contribution in [3.63, 3.8) is 0 Å². The van der Waals surface area contributed by atoms with Gasteiger partial charge in [-0.2, -0.15) is 8.75 Å². The van der Waals surface area contributed by atoms with Gasteiger partial charge in [0.1, 0.15) is 16.7 Å². The van der Waals surface area contributed by atoms with Gasteiger partial charge in [-0.1, -0.05) is 6.07 Å². The Morgan fingerprint density at radius 2 is 1.72 bits per heavy atom. The third-order valence-electron chi connectivity index (χ3n) is 4.97. The van der Waals surface area contributed by atoms with Gasteiger partial charge >= 0.3 is 0 Å². The predicted octanol–water partition coefficient (Wildman–Crippen LogP) is 2.51. The first-order valence-corrected chi connectivity index (χ1v) is 10.0. The molecule has 4 heterocycles. The number of nitrogens with zero attached hydrogens (tertiary/aromatic N) is 7. The quantitative estimate of drug-likeness (QED) is 0.519. The number of hydrogen-bond acceptors (Lipinski definition) is 8. The molecule has 8 nitrogen and oxygen atoms in total. The number of carbonyl (C=O) groups is 1. The fourth-order valence-electron chi connectivity index (χ4n) is 3.38. The molecule has 1 aliphatic rings. The van der Waals surface area contributed by atoms with Gasteiger partial charge in [-0.25, -0.2) is 0 Å². The Morgan fingerprint density at radius 1 is 0.862 bits per heavy atom. The molecule has 4 aromatic rings. The molecular formula is C20H17N7OS. The summed E-state index contributed by atoms with van der Waals surface area (Å²) in [6.07, 6.45) is 1.74. The van der Waals surface area contributed by atoms with Crippen LogP contribution in [0.4, 0.5) is 5.82 Å². The maximum atomic E-state index is 12.8. The second-order valence-corrected chi connectivity index (χ2v) is 7.27. The summed E-state index contributed by atoms with van der Waals surface area (Å²) in [6, 6.07) is 15.1. The van der Waals surface area contributed by atoms with Gasteiger partial charge in [0.15, 0.2) is 5.82 Å². The first kappa shape index (κ1) is 17.6. The Balaban J connectivity index is 1.24. The minimum atomic E-state index is 0.0242. The fraction of sp³-hybridized carbons (Fsp3) is 0.200. The highest BCUT2D eigenvalue weighted by atomic mass is 32.1. The van der Waals surface area contributed by atoms with Gasteiger partial charge in [0.05, 0.1) is 17.4 Å². The van der Waals surface area contributed by atoms with Gasteiger partial charge in [-0.15, -0.1) is 10.2 Å². The molecule has 1 fully saturated rings. The van der Waals surface area contributed by atoms with E-state index in [1.807, 2.05) is 53.4 Å². The van der Waals surface area contributed by atoms with Crippen LogP contribution >= 0.6 is 11.7 Å². The fourth-order valence-corrected chi connectivity index (χ4v) is 3.90. The molecular weight excluding hydrogens is 386 g/mol. The maximum Gasteiger partial charge on any atom is 0.254 e. The summed E-state index contributed by atoms with van der Waals surface area (Å²) in [5.41, 5.74) is 3.79. The SMILES string of the molecule is O=C(c1ccc2nsnc2c1)N1CCN(c2ccc(-c3ccccn3)nn2)CC1. The van der Waals surface area contributed by atoms with Crippen LogP contribution in [-0.4, -0.2) is 60.9 Å². The van der Waals surface area contributed by atoms with Crippen molar-refractivity contribution in [1.82, 2.24) is 28.8 Å². The Hall–Kier alpha value is -3.46. The Labute approximate surface area is 171 Å². The van der Waals surface area contributed by atoms with Gasteiger partial charge in [0, 0.05) is 37.9 Å². The first-order valence-electron chi connectivity index (χ1n) is 9.30. The van der Waals surface area contributed by atoms with Crippen molar-refractivity contribution in [3.8, 4) is 11.4 Å². The number of hydrogen-bond donors (Lipinski definition) is 0. The standard InChI is InChI=1S/C20H17N7OS/c28-20(14-4-5-17-18(13-14)25-29-24-17)27-11-9-26(10-12-27)19-7-6-16(22-23-19)15-3-1-2-8-21-15/h1-8,13H,9-12H2. The van der Waals surface area contributed by atoms with E-state index in [2.05, 4.69) is 28.8 Å². The molecule has 0 bridgehead atoms. The molecule has 1 amide bonds. The van der Waals surface area contributed by atoms with Crippen LogP contribution in [0.5, 0.6) is 0 Å². The molecule has 0 radical (unpaired) electrons. The van der Waals surface area contributed by atoms with Crippen LogP contribution in [0, 0.1) is 0 Å². The highest BCUT2D eigenvalue weighted by Gasteiger charge is 2.23. The summed E-state index contributed by atoms with van der Waals surface area (Å²) < 4.78 is 8.40. The van der Waals surface area contributed by atoms with E-state index in [1.54, 1.807) is 6.20 Å². The zero-order valence-corrected chi connectivity index (χ0v) is 16.3. The molecule has 1 aromatic carbocycles. The second kappa shape index (κ2) is 7.51. The van der Waals surface area contributed by atoms with E-state index in [4.69, 9.17) is 0 Å². The zero-order valence-electron chi connectivity index (χ0n) is 15.5. The van der Waals surface area contributed by atoms with E-state index >= 15 is 0 Å². The summed E-state index contributed by atoms with van der Waals surface area (Å²) in [7, 11) is 0. The van der Waals surface area contributed by atoms with Crippen molar-refractivity contribution in [3.05, 3.63) is 60.3 Å². The Morgan fingerprint density at radius 3 is 2.48 bits per heavy atom. The number of aromatic nitrogens is 5. The Bertz CT molecular complexity index is 1140. The zero-order chi connectivity index (χ0) is 19.6. The summed E-state index contributed by atoms with van der Waals surface area (Å²) in [6.45, 7) is 2.69. The van der Waals surface area contributed by atoms with Crippen LogP contribution in [-0.2, 0) is 0 Å². The molecule has 0 unspecified atom stereocenters. The van der Waals surface area contributed by atoms with Gasteiger partial charge in [0.25, 0.3) is 5.91 Å². The van der Waals surface area contributed by atoms with Crippen molar-refractivity contribution >= 4 is 34.5 Å². The van der Waals surface area contributed by atoms with Crippen LogP contribution in [0.15, 0.2) is 54.7 Å². The number of pyridine rings is 1. The number of anilines is 1. The van der Waals surface area contributed by atoms with Crippen LogP contribution in [0.3, 0.4) is 0 Å². The second-order valence-electron chi connectivity index (χ2n) is 6.74. The largest absolute Gasteiger partial charge is 0.352 e. The molecule has 1 aliphatic heterocycles. The summed E-state index contributed by atoms with van der Waals surface area (Å²) >= 11 is 1.16. The lowest BCUT2D eigenvalue weighted by atomic mass is 10.1. The van der Waals surface area contributed by atoms with Gasteiger partial charge in [0.2, 0.25) is 0 Å². The number of piperazine rings is 1. The van der Waals surface area contributed by atoms with Gasteiger partial charge < -0.3 is 9.80 Å². The van der Waals surface area contributed by atoms with Crippen LogP contribution in [0.1, 0.15) is 10.4 Å². The average molecular weight is 403 g/mol. The molecule has 9 heteroatoms. The lowest BCUT2D eigenvalue weighted by Gasteiger charge is -2.35. The highest BCUT2D eigenvalue weighted by molar-refractivity contribution is 7.00. The molecule has 0 atom stereocenters. The van der Waals surface area contributed by atoms with E-state index < -0.39 is 0 Å². The number of carbonyl (C=O) groups excluding carboxylic acids is 1. The number of rotatable bonds is 3. The predicted molar refractivity (Wildman–Crippen MR) is 111 cm³/mol. The number of fused-ring (bicyclic) bond motifs is 1. The van der Waals surface area contributed by atoms with Crippen molar-refractivity contribution in [1.29, 1.82) is 0 Å². The number of benzene rings is 1. The third-order valence-corrected chi connectivity index (χ3v) is 5.53. The average Bonchev–Trinajstić information content (AvgIpc) is 3.27. The summed E-state index contributed by atoms with van der Waals surface area (Å²) in [5.74, 6) is 0.836. The van der Waals surface area contributed by atoms with E-state index in [9.17, 15) is 4.79 Å². The van der Waals surface area contributed by atoms with E-state index in [0.717, 1.165) is 40.0 Å². The maximum absolute atomic E-state index is 12.8. The van der Waals surface area contributed by atoms with Crippen molar-refractivity contribution < 1.29 is 4.79 Å². The van der Waals surface area contributed by atoms with Crippen molar-refractivity contribution in [2.45, 2.75) is 0 Å². The van der Waals surface area contributed by atoms with Crippen LogP contribution in [0.2, 0.25) is 0 Å². The molecule has 1 saturated heterocycles. The normalized spacial score (nSPS) is 14.3. The molecule has 0 N–H and O–H groups in total. The minimum absolute atomic E-state index is 0.0242. The monoisotopic (exact) mass is 403 g/mol. The van der Waals surface area contributed by atoms with Gasteiger partial charge in [-0.3, -0.25) is 9.78 Å². The van der Waals surface area contributed by atoms with E-state index in [0.29, 0.717) is 31.7 Å². The third kappa shape index (κ3) is 3.52. The molecule has 5 rings (SSSR count).